The van der Waals surface area contributed by atoms with Crippen LogP contribution in [-0.4, -0.2) is 25.6 Å². The van der Waals surface area contributed by atoms with Crippen LogP contribution < -0.4 is 9.47 Å². The van der Waals surface area contributed by atoms with E-state index < -0.39 is 11.7 Å². The number of benzene rings is 2. The van der Waals surface area contributed by atoms with Crippen molar-refractivity contribution in [1.29, 1.82) is 0 Å². The van der Waals surface area contributed by atoms with Gasteiger partial charge in [-0.3, -0.25) is 0 Å². The SMILES string of the molecule is COc1ccc(SCC2(COc3ccc(C(F)(F)F)cc3)CC2)cc1C.O=C=O. The summed E-state index contributed by atoms with van der Waals surface area (Å²) in [4.78, 5) is 17.4. The fourth-order valence-electron chi connectivity index (χ4n) is 2.66. The number of halogens is 3. The van der Waals surface area contributed by atoms with E-state index >= 15 is 0 Å². The molecule has 3 rings (SSSR count). The summed E-state index contributed by atoms with van der Waals surface area (Å²) in [5.41, 5.74) is 0.557. The molecule has 0 atom stereocenters. The standard InChI is InChI=1S/C20H21F3O2S.CO2/c1-14-11-17(7-8-18(14)24-2)26-13-19(9-10-19)12-25-16-5-3-15(4-6-16)20(21,22)23;2-1-3/h3-8,11H,9-10,12-13H2,1-2H3;. The molecule has 0 saturated heterocycles. The van der Waals surface area contributed by atoms with Crippen molar-refractivity contribution in [2.75, 3.05) is 19.5 Å². The van der Waals surface area contributed by atoms with E-state index in [1.165, 1.54) is 17.0 Å². The van der Waals surface area contributed by atoms with Gasteiger partial charge in [-0.2, -0.15) is 22.8 Å². The summed E-state index contributed by atoms with van der Waals surface area (Å²) in [5.74, 6) is 2.29. The lowest BCUT2D eigenvalue weighted by molar-refractivity contribution is -0.191. The zero-order valence-electron chi connectivity index (χ0n) is 16.0. The van der Waals surface area contributed by atoms with Gasteiger partial charge in [0.25, 0.3) is 0 Å². The average molecular weight is 426 g/mol. The van der Waals surface area contributed by atoms with Gasteiger partial charge in [-0.25, -0.2) is 0 Å². The Balaban J connectivity index is 0.000000941. The lowest BCUT2D eigenvalue weighted by Crippen LogP contribution is -2.16. The average Bonchev–Trinajstić information content (AvgIpc) is 3.46. The van der Waals surface area contributed by atoms with Crippen molar-refractivity contribution in [1.82, 2.24) is 0 Å². The molecule has 0 bridgehead atoms. The number of hydrogen-bond donors (Lipinski definition) is 0. The van der Waals surface area contributed by atoms with Crippen molar-refractivity contribution >= 4 is 17.9 Å². The molecule has 2 aromatic rings. The van der Waals surface area contributed by atoms with Gasteiger partial charge in [0.05, 0.1) is 19.3 Å². The van der Waals surface area contributed by atoms with Gasteiger partial charge >= 0.3 is 12.3 Å². The molecule has 0 unspecified atom stereocenters. The highest BCUT2D eigenvalue weighted by atomic mass is 32.2. The fraction of sp³-hybridized carbons (Fsp3) is 0.381. The molecule has 4 nitrogen and oxygen atoms in total. The van der Waals surface area contributed by atoms with E-state index in [0.717, 1.165) is 42.0 Å². The molecule has 1 saturated carbocycles. The highest BCUT2D eigenvalue weighted by Gasteiger charge is 2.43. The van der Waals surface area contributed by atoms with Crippen LogP contribution >= 0.6 is 11.8 Å². The lowest BCUT2D eigenvalue weighted by atomic mass is 10.1. The topological polar surface area (TPSA) is 52.6 Å². The van der Waals surface area contributed by atoms with Gasteiger partial charge in [0.15, 0.2) is 0 Å². The summed E-state index contributed by atoms with van der Waals surface area (Å²) in [5, 5.41) is 0. The summed E-state index contributed by atoms with van der Waals surface area (Å²) < 4.78 is 48.8. The fourth-order valence-corrected chi connectivity index (χ4v) is 3.93. The zero-order chi connectivity index (χ0) is 21.5. The molecule has 0 aliphatic heterocycles. The third-order valence-corrected chi connectivity index (χ3v) is 5.94. The predicted octanol–water partition coefficient (Wildman–Crippen LogP) is 5.39. The number of carbonyl (C=O) groups excluding carboxylic acids is 2. The monoisotopic (exact) mass is 426 g/mol. The van der Waals surface area contributed by atoms with Gasteiger partial charge in [0.1, 0.15) is 11.5 Å². The number of alkyl halides is 3. The molecule has 0 aromatic heterocycles. The first-order valence-corrected chi connectivity index (χ1v) is 9.78. The van der Waals surface area contributed by atoms with Crippen molar-refractivity contribution in [3.63, 3.8) is 0 Å². The molecule has 8 heteroatoms. The van der Waals surface area contributed by atoms with E-state index in [-0.39, 0.29) is 11.6 Å². The van der Waals surface area contributed by atoms with Crippen molar-refractivity contribution in [2.24, 2.45) is 5.41 Å². The van der Waals surface area contributed by atoms with Crippen LogP contribution in [0.4, 0.5) is 13.2 Å². The molecule has 0 heterocycles. The van der Waals surface area contributed by atoms with E-state index in [2.05, 4.69) is 6.07 Å². The molecule has 0 amide bonds. The maximum Gasteiger partial charge on any atom is 0.416 e. The first-order valence-electron chi connectivity index (χ1n) is 8.80. The molecule has 0 spiro atoms. The molecule has 0 N–H and O–H groups in total. The van der Waals surface area contributed by atoms with Crippen molar-refractivity contribution in [2.45, 2.75) is 30.8 Å². The van der Waals surface area contributed by atoms with Gasteiger partial charge < -0.3 is 9.47 Å². The molecule has 0 radical (unpaired) electrons. The molecular formula is C21H21F3O4S. The lowest BCUT2D eigenvalue weighted by Gasteiger charge is -2.17. The second kappa shape index (κ2) is 9.85. The van der Waals surface area contributed by atoms with Gasteiger partial charge in [0, 0.05) is 16.1 Å². The maximum absolute atomic E-state index is 12.6. The van der Waals surface area contributed by atoms with E-state index in [1.807, 2.05) is 19.1 Å². The highest BCUT2D eigenvalue weighted by molar-refractivity contribution is 7.99. The molecule has 156 valence electrons. The third kappa shape index (κ3) is 6.84. The molecule has 1 aliphatic rings. The molecular weight excluding hydrogens is 405 g/mol. The van der Waals surface area contributed by atoms with Crippen LogP contribution in [0.2, 0.25) is 0 Å². The summed E-state index contributed by atoms with van der Waals surface area (Å²) in [7, 11) is 1.66. The van der Waals surface area contributed by atoms with Crippen LogP contribution in [0.25, 0.3) is 0 Å². The highest BCUT2D eigenvalue weighted by Crippen LogP contribution is 2.49. The van der Waals surface area contributed by atoms with Gasteiger partial charge in [-0.15, -0.1) is 11.8 Å². The van der Waals surface area contributed by atoms with Crippen LogP contribution in [0.1, 0.15) is 24.0 Å². The Hall–Kier alpha value is -2.44. The van der Waals surface area contributed by atoms with E-state index in [1.54, 1.807) is 18.9 Å². The van der Waals surface area contributed by atoms with Crippen molar-refractivity contribution in [3.05, 3.63) is 53.6 Å². The van der Waals surface area contributed by atoms with Gasteiger partial charge in [-0.05, 0) is 67.8 Å². The molecule has 29 heavy (non-hydrogen) atoms. The minimum Gasteiger partial charge on any atom is -0.496 e. The van der Waals surface area contributed by atoms with Crippen LogP contribution in [-0.2, 0) is 15.8 Å². The number of aryl methyl sites for hydroxylation is 1. The Morgan fingerprint density at radius 3 is 2.21 bits per heavy atom. The molecule has 1 aliphatic carbocycles. The minimum atomic E-state index is -4.32. The van der Waals surface area contributed by atoms with Crippen LogP contribution in [0.15, 0.2) is 47.4 Å². The summed E-state index contributed by atoms with van der Waals surface area (Å²) in [6.07, 6.45) is -1.91. The van der Waals surface area contributed by atoms with Gasteiger partial charge in [-0.1, -0.05) is 0 Å². The molecule has 2 aromatic carbocycles. The quantitative estimate of drug-likeness (QED) is 0.556. The zero-order valence-corrected chi connectivity index (χ0v) is 16.9. The Kier molecular flexibility index (Phi) is 7.76. The Morgan fingerprint density at radius 2 is 1.72 bits per heavy atom. The predicted molar refractivity (Wildman–Crippen MR) is 102 cm³/mol. The molecule has 1 fully saturated rings. The van der Waals surface area contributed by atoms with Crippen molar-refractivity contribution < 1.29 is 32.2 Å². The largest absolute Gasteiger partial charge is 0.496 e. The minimum absolute atomic E-state index is 0.112. The van der Waals surface area contributed by atoms with Crippen LogP contribution in [0.3, 0.4) is 0 Å². The Morgan fingerprint density at radius 1 is 1.10 bits per heavy atom. The van der Waals surface area contributed by atoms with Crippen molar-refractivity contribution in [3.8, 4) is 11.5 Å². The number of ether oxygens (including phenoxy) is 2. The van der Waals surface area contributed by atoms with Crippen LogP contribution in [0.5, 0.6) is 11.5 Å². The van der Waals surface area contributed by atoms with Crippen LogP contribution in [0, 0.1) is 12.3 Å². The summed E-state index contributed by atoms with van der Waals surface area (Å²) in [6, 6.07) is 11.0. The first-order chi connectivity index (χ1) is 13.7. The summed E-state index contributed by atoms with van der Waals surface area (Å²) >= 11 is 1.78. The van der Waals surface area contributed by atoms with E-state index in [4.69, 9.17) is 19.1 Å². The van der Waals surface area contributed by atoms with E-state index in [0.29, 0.717) is 12.4 Å². The third-order valence-electron chi connectivity index (χ3n) is 4.60. The maximum atomic E-state index is 12.6. The smallest absolute Gasteiger partial charge is 0.416 e. The second-order valence-corrected chi connectivity index (χ2v) is 7.86. The van der Waals surface area contributed by atoms with Gasteiger partial charge in [0.2, 0.25) is 0 Å². The number of rotatable bonds is 7. The Labute approximate surface area is 171 Å². The first kappa shape index (κ1) is 22.8. The Bertz CT molecular complexity index is 840. The number of hydrogen-bond acceptors (Lipinski definition) is 5. The van der Waals surface area contributed by atoms with E-state index in [9.17, 15) is 13.2 Å². The number of methoxy groups -OCH3 is 1. The number of thioether (sulfide) groups is 1. The second-order valence-electron chi connectivity index (χ2n) is 6.81. The summed E-state index contributed by atoms with van der Waals surface area (Å²) in [6.45, 7) is 2.55. The normalized spacial score (nSPS) is 14.2.